The minimum Gasteiger partial charge on any atom is -0.263 e. The van der Waals surface area contributed by atoms with E-state index in [-0.39, 0.29) is 17.0 Å². The zero-order valence-corrected chi connectivity index (χ0v) is 14.6. The number of fused-ring (bicyclic) bond motifs is 1. The minimum absolute atomic E-state index is 0.144. The molecule has 134 valence electrons. The molecule has 2 N–H and O–H groups in total. The lowest BCUT2D eigenvalue weighted by Gasteiger charge is -2.24. The first-order valence-corrected chi connectivity index (χ1v) is 10.2. The van der Waals surface area contributed by atoms with Crippen molar-refractivity contribution in [3.05, 3.63) is 53.6 Å². The first-order chi connectivity index (χ1) is 11.5. The summed E-state index contributed by atoms with van der Waals surface area (Å²) in [5.74, 6) is -1.94. The Kier molecular flexibility index (Phi) is 4.09. The van der Waals surface area contributed by atoms with Crippen LogP contribution in [0.5, 0.6) is 0 Å². The Balaban J connectivity index is 2.15. The van der Waals surface area contributed by atoms with Gasteiger partial charge in [0.25, 0.3) is 10.0 Å². The zero-order valence-electron chi connectivity index (χ0n) is 13.0. The Morgan fingerprint density at radius 2 is 1.76 bits per heavy atom. The van der Waals surface area contributed by atoms with Crippen molar-refractivity contribution in [3.63, 3.8) is 0 Å². The molecule has 0 saturated heterocycles. The standard InChI is InChI=1S/C15H14F2N2O4S2/c1-9-6-10-7-12(24(18,20)21)3-5-14(10)19(9)25(22,23)15-8-11(16)2-4-13(15)17/h2-5,7-9H,6H2,1H3,(H2,18,20,21)/t9-/m1/s1. The number of benzene rings is 2. The molecule has 2 aromatic carbocycles. The van der Waals surface area contributed by atoms with Crippen LogP contribution < -0.4 is 9.44 Å². The van der Waals surface area contributed by atoms with E-state index in [2.05, 4.69) is 0 Å². The summed E-state index contributed by atoms with van der Waals surface area (Å²) >= 11 is 0. The van der Waals surface area contributed by atoms with Crippen molar-refractivity contribution < 1.29 is 25.6 Å². The van der Waals surface area contributed by atoms with Gasteiger partial charge in [-0.3, -0.25) is 4.31 Å². The largest absolute Gasteiger partial charge is 0.267 e. The lowest BCUT2D eigenvalue weighted by Crippen LogP contribution is -2.36. The van der Waals surface area contributed by atoms with E-state index in [4.69, 9.17) is 5.14 Å². The summed E-state index contributed by atoms with van der Waals surface area (Å²) in [6, 6.07) is 5.36. The lowest BCUT2D eigenvalue weighted by molar-refractivity contribution is 0.548. The van der Waals surface area contributed by atoms with E-state index in [0.29, 0.717) is 11.6 Å². The van der Waals surface area contributed by atoms with E-state index < -0.39 is 42.6 Å². The molecule has 0 bridgehead atoms. The Morgan fingerprint density at radius 3 is 2.40 bits per heavy atom. The highest BCUT2D eigenvalue weighted by Gasteiger charge is 2.38. The van der Waals surface area contributed by atoms with Crippen molar-refractivity contribution >= 4 is 25.7 Å². The minimum atomic E-state index is -4.37. The fraction of sp³-hybridized carbons (Fsp3) is 0.200. The number of hydrogen-bond acceptors (Lipinski definition) is 4. The van der Waals surface area contributed by atoms with Crippen LogP contribution in [0.2, 0.25) is 0 Å². The Labute approximate surface area is 144 Å². The van der Waals surface area contributed by atoms with Gasteiger partial charge in [-0.15, -0.1) is 0 Å². The molecule has 0 aliphatic carbocycles. The van der Waals surface area contributed by atoms with Crippen molar-refractivity contribution in [3.8, 4) is 0 Å². The van der Waals surface area contributed by atoms with Crippen LogP contribution in [0.3, 0.4) is 0 Å². The Bertz CT molecular complexity index is 1070. The summed E-state index contributed by atoms with van der Waals surface area (Å²) in [7, 11) is -8.30. The SMILES string of the molecule is C[C@@H]1Cc2cc(S(N)(=O)=O)ccc2N1S(=O)(=O)c1cc(F)ccc1F. The highest BCUT2D eigenvalue weighted by Crippen LogP contribution is 2.38. The number of primary sulfonamides is 1. The Morgan fingerprint density at radius 1 is 1.08 bits per heavy atom. The predicted molar refractivity (Wildman–Crippen MR) is 87.0 cm³/mol. The molecule has 0 amide bonds. The molecule has 0 saturated carbocycles. The molecule has 2 aromatic rings. The van der Waals surface area contributed by atoms with Gasteiger partial charge in [-0.1, -0.05) is 0 Å². The highest BCUT2D eigenvalue weighted by molar-refractivity contribution is 7.93. The van der Waals surface area contributed by atoms with Crippen molar-refractivity contribution in [2.75, 3.05) is 4.31 Å². The van der Waals surface area contributed by atoms with Crippen LogP contribution in [0.4, 0.5) is 14.5 Å². The van der Waals surface area contributed by atoms with Crippen LogP contribution in [0.15, 0.2) is 46.2 Å². The fourth-order valence-electron chi connectivity index (χ4n) is 2.90. The molecule has 6 nitrogen and oxygen atoms in total. The molecule has 0 unspecified atom stereocenters. The van der Waals surface area contributed by atoms with Gasteiger partial charge in [0, 0.05) is 6.04 Å². The summed E-state index contributed by atoms with van der Waals surface area (Å²) in [5.41, 5.74) is 0.656. The van der Waals surface area contributed by atoms with Gasteiger partial charge in [-0.2, -0.15) is 0 Å². The molecule has 3 rings (SSSR count). The van der Waals surface area contributed by atoms with E-state index in [1.807, 2.05) is 0 Å². The predicted octanol–water partition coefficient (Wildman–Crippen LogP) is 1.75. The molecule has 10 heteroatoms. The van der Waals surface area contributed by atoms with Gasteiger partial charge in [-0.25, -0.2) is 30.8 Å². The third-order valence-electron chi connectivity index (χ3n) is 3.96. The maximum Gasteiger partial charge on any atom is 0.267 e. The van der Waals surface area contributed by atoms with Gasteiger partial charge in [0.05, 0.1) is 10.6 Å². The summed E-state index contributed by atoms with van der Waals surface area (Å²) < 4.78 is 76.9. The molecular weight excluding hydrogens is 374 g/mol. The van der Waals surface area contributed by atoms with Crippen molar-refractivity contribution in [2.24, 2.45) is 5.14 Å². The second kappa shape index (κ2) is 5.75. The summed E-state index contributed by atoms with van der Waals surface area (Å²) in [5, 5.41) is 5.08. The van der Waals surface area contributed by atoms with Crippen LogP contribution in [0.25, 0.3) is 0 Å². The average Bonchev–Trinajstić information content (AvgIpc) is 2.84. The molecule has 1 aliphatic rings. The average molecular weight is 388 g/mol. The van der Waals surface area contributed by atoms with Crippen LogP contribution >= 0.6 is 0 Å². The lowest BCUT2D eigenvalue weighted by atomic mass is 10.1. The summed E-state index contributed by atoms with van der Waals surface area (Å²) in [6.07, 6.45) is 0.217. The maximum absolute atomic E-state index is 14.0. The molecule has 1 aliphatic heterocycles. The molecule has 1 heterocycles. The highest BCUT2D eigenvalue weighted by atomic mass is 32.2. The fourth-order valence-corrected chi connectivity index (χ4v) is 5.24. The van der Waals surface area contributed by atoms with Gasteiger partial charge in [0.1, 0.15) is 16.5 Å². The van der Waals surface area contributed by atoms with Crippen LogP contribution in [0.1, 0.15) is 12.5 Å². The monoisotopic (exact) mass is 388 g/mol. The second-order valence-electron chi connectivity index (χ2n) is 5.76. The molecule has 0 radical (unpaired) electrons. The van der Waals surface area contributed by atoms with Gasteiger partial charge in [-0.05, 0) is 55.3 Å². The van der Waals surface area contributed by atoms with Crippen LogP contribution in [-0.2, 0) is 26.5 Å². The van der Waals surface area contributed by atoms with E-state index in [1.165, 1.54) is 18.2 Å². The first-order valence-electron chi connectivity index (χ1n) is 7.17. The van der Waals surface area contributed by atoms with Gasteiger partial charge in [0.15, 0.2) is 0 Å². The van der Waals surface area contributed by atoms with E-state index in [0.717, 1.165) is 16.4 Å². The van der Waals surface area contributed by atoms with Crippen LogP contribution in [0, 0.1) is 11.6 Å². The van der Waals surface area contributed by atoms with Crippen molar-refractivity contribution in [1.29, 1.82) is 0 Å². The normalized spacial score (nSPS) is 17.6. The number of rotatable bonds is 3. The molecule has 0 spiro atoms. The number of hydrogen-bond donors (Lipinski definition) is 1. The summed E-state index contributed by atoms with van der Waals surface area (Å²) in [4.78, 5) is -0.919. The maximum atomic E-state index is 14.0. The smallest absolute Gasteiger partial charge is 0.263 e. The number of nitrogens with two attached hydrogens (primary N) is 1. The van der Waals surface area contributed by atoms with Gasteiger partial charge in [0.2, 0.25) is 10.0 Å². The molecule has 0 aromatic heterocycles. The zero-order chi connectivity index (χ0) is 18.6. The third-order valence-corrected chi connectivity index (χ3v) is 6.82. The van der Waals surface area contributed by atoms with Crippen molar-refractivity contribution in [2.45, 2.75) is 29.2 Å². The van der Waals surface area contributed by atoms with Crippen molar-refractivity contribution in [1.82, 2.24) is 0 Å². The van der Waals surface area contributed by atoms with Gasteiger partial charge < -0.3 is 0 Å². The quantitative estimate of drug-likeness (QED) is 0.866. The molecule has 25 heavy (non-hydrogen) atoms. The number of halogens is 2. The summed E-state index contributed by atoms with van der Waals surface area (Å²) in [6.45, 7) is 1.59. The molecule has 1 atom stereocenters. The second-order valence-corrected chi connectivity index (χ2v) is 9.11. The number of sulfonamides is 2. The number of anilines is 1. The Hall–Kier alpha value is -2.04. The van der Waals surface area contributed by atoms with Gasteiger partial charge >= 0.3 is 0 Å². The van der Waals surface area contributed by atoms with Crippen LogP contribution in [-0.4, -0.2) is 22.9 Å². The first kappa shape index (κ1) is 17.8. The molecule has 0 fully saturated rings. The number of nitrogens with zero attached hydrogens (tertiary/aromatic N) is 1. The topological polar surface area (TPSA) is 97.5 Å². The third kappa shape index (κ3) is 3.00. The van der Waals surface area contributed by atoms with E-state index >= 15 is 0 Å². The molecular formula is C15H14F2N2O4S2. The van der Waals surface area contributed by atoms with E-state index in [1.54, 1.807) is 6.92 Å². The van der Waals surface area contributed by atoms with E-state index in [9.17, 15) is 25.6 Å².